The molecule has 0 bridgehead atoms. The van der Waals surface area contributed by atoms with Crippen molar-refractivity contribution < 1.29 is 4.79 Å². The monoisotopic (exact) mass is 424 g/mol. The maximum absolute atomic E-state index is 13.4. The number of likely N-dealkylation sites (tertiary alicyclic amines) is 1. The number of anilines is 1. The second-order valence-electron chi connectivity index (χ2n) is 7.83. The Hall–Kier alpha value is -2.93. The number of benzene rings is 1. The van der Waals surface area contributed by atoms with Crippen LogP contribution in [0.5, 0.6) is 0 Å². The minimum absolute atomic E-state index is 0.00911. The summed E-state index contributed by atoms with van der Waals surface area (Å²) in [4.78, 5) is 26.6. The highest BCUT2D eigenvalue weighted by molar-refractivity contribution is 6.30. The van der Waals surface area contributed by atoms with Crippen LogP contribution in [0.15, 0.2) is 36.7 Å². The molecule has 4 rings (SSSR count). The summed E-state index contributed by atoms with van der Waals surface area (Å²) in [6.45, 7) is 2.55. The van der Waals surface area contributed by atoms with Crippen LogP contribution in [0, 0.1) is 6.92 Å². The lowest BCUT2D eigenvalue weighted by molar-refractivity contribution is 0.0732. The average Bonchev–Trinajstić information content (AvgIpc) is 3.33. The van der Waals surface area contributed by atoms with Gasteiger partial charge in [-0.2, -0.15) is 5.10 Å². The van der Waals surface area contributed by atoms with Gasteiger partial charge in [-0.05, 0) is 37.5 Å². The van der Waals surface area contributed by atoms with Crippen molar-refractivity contribution in [2.45, 2.75) is 25.8 Å². The van der Waals surface area contributed by atoms with Crippen molar-refractivity contribution in [3.63, 3.8) is 0 Å². The number of carbonyl (C=O) groups excluding carboxylic acids is 1. The Labute approximate surface area is 181 Å². The van der Waals surface area contributed by atoms with Crippen LogP contribution in [0.1, 0.15) is 40.6 Å². The molecule has 3 heterocycles. The van der Waals surface area contributed by atoms with Crippen LogP contribution in [-0.2, 0) is 7.05 Å². The van der Waals surface area contributed by atoms with Gasteiger partial charge in [0.25, 0.3) is 5.91 Å². The molecule has 0 saturated carbocycles. The molecule has 1 aromatic carbocycles. The van der Waals surface area contributed by atoms with Gasteiger partial charge in [-0.1, -0.05) is 23.7 Å². The third-order valence-corrected chi connectivity index (χ3v) is 5.65. The minimum Gasteiger partial charge on any atom is -0.347 e. The molecule has 0 aliphatic carbocycles. The van der Waals surface area contributed by atoms with E-state index in [1.807, 2.05) is 68.3 Å². The lowest BCUT2D eigenvalue weighted by Gasteiger charge is -2.26. The summed E-state index contributed by atoms with van der Waals surface area (Å²) in [7, 11) is 5.65. The fraction of sp³-hybridized carbons (Fsp3) is 0.364. The third-order valence-electron chi connectivity index (χ3n) is 5.41. The summed E-state index contributed by atoms with van der Waals surface area (Å²) in [5.41, 5.74) is 4.06. The van der Waals surface area contributed by atoms with Crippen LogP contribution in [0.3, 0.4) is 0 Å². The highest BCUT2D eigenvalue weighted by Gasteiger charge is 2.35. The van der Waals surface area contributed by atoms with E-state index in [0.717, 1.165) is 35.4 Å². The largest absolute Gasteiger partial charge is 0.347 e. The van der Waals surface area contributed by atoms with E-state index in [1.54, 1.807) is 10.9 Å². The van der Waals surface area contributed by atoms with E-state index in [4.69, 9.17) is 16.6 Å². The molecule has 1 aliphatic rings. The summed E-state index contributed by atoms with van der Waals surface area (Å²) >= 11 is 6.24. The van der Waals surface area contributed by atoms with E-state index in [-0.39, 0.29) is 11.9 Å². The molecular formula is C22H25ClN6O. The van der Waals surface area contributed by atoms with Crippen LogP contribution < -0.4 is 4.90 Å². The number of amides is 1. The Kier molecular flexibility index (Phi) is 5.47. The molecule has 0 radical (unpaired) electrons. The maximum Gasteiger partial charge on any atom is 0.257 e. The van der Waals surface area contributed by atoms with E-state index < -0.39 is 0 Å². The molecule has 0 N–H and O–H groups in total. The molecule has 1 saturated heterocycles. The fourth-order valence-electron chi connectivity index (χ4n) is 3.99. The summed E-state index contributed by atoms with van der Waals surface area (Å²) in [5.74, 6) is 0.609. The first-order valence-electron chi connectivity index (χ1n) is 9.96. The Morgan fingerprint density at radius 3 is 2.77 bits per heavy atom. The molecule has 2 aromatic heterocycles. The molecule has 1 atom stereocenters. The zero-order chi connectivity index (χ0) is 21.4. The Morgan fingerprint density at radius 1 is 1.30 bits per heavy atom. The summed E-state index contributed by atoms with van der Waals surface area (Å²) < 4.78 is 1.68. The van der Waals surface area contributed by atoms with E-state index in [2.05, 4.69) is 10.1 Å². The number of halogens is 1. The van der Waals surface area contributed by atoms with Gasteiger partial charge in [0, 0.05) is 50.7 Å². The molecule has 30 heavy (non-hydrogen) atoms. The van der Waals surface area contributed by atoms with Crippen molar-refractivity contribution in [2.24, 2.45) is 7.05 Å². The second-order valence-corrected chi connectivity index (χ2v) is 8.27. The standard InChI is InChI=1S/C22H25ClN6O/c1-14-18(13-28(4)26-14)21(30)29-10-6-9-19(29)20-17(12-24-22(25-20)27(2)3)15-7-5-8-16(23)11-15/h5,7-8,11-13,19H,6,9-10H2,1-4H3. The van der Waals surface area contributed by atoms with Crippen LogP contribution >= 0.6 is 11.6 Å². The van der Waals surface area contributed by atoms with Gasteiger partial charge in [0.2, 0.25) is 5.95 Å². The zero-order valence-electron chi connectivity index (χ0n) is 17.6. The fourth-order valence-corrected chi connectivity index (χ4v) is 4.18. The van der Waals surface area contributed by atoms with Gasteiger partial charge >= 0.3 is 0 Å². The van der Waals surface area contributed by atoms with E-state index in [9.17, 15) is 4.79 Å². The topological polar surface area (TPSA) is 67.2 Å². The number of aryl methyl sites for hydroxylation is 2. The Balaban J connectivity index is 1.80. The lowest BCUT2D eigenvalue weighted by Crippen LogP contribution is -2.32. The second kappa shape index (κ2) is 8.07. The van der Waals surface area contributed by atoms with Crippen molar-refractivity contribution >= 4 is 23.5 Å². The number of rotatable bonds is 4. The van der Waals surface area contributed by atoms with Gasteiger partial charge in [0.05, 0.1) is 23.0 Å². The number of hydrogen-bond acceptors (Lipinski definition) is 5. The predicted octanol–water partition coefficient (Wildman–Crippen LogP) is 3.88. The van der Waals surface area contributed by atoms with Crippen LogP contribution in [0.2, 0.25) is 5.02 Å². The molecule has 1 unspecified atom stereocenters. The molecule has 0 spiro atoms. The van der Waals surface area contributed by atoms with Gasteiger partial charge < -0.3 is 9.80 Å². The smallest absolute Gasteiger partial charge is 0.257 e. The van der Waals surface area contributed by atoms with Gasteiger partial charge in [0.15, 0.2) is 0 Å². The van der Waals surface area contributed by atoms with Crippen molar-refractivity contribution in [3.05, 3.63) is 58.6 Å². The van der Waals surface area contributed by atoms with Crippen molar-refractivity contribution in [1.29, 1.82) is 0 Å². The average molecular weight is 425 g/mol. The van der Waals surface area contributed by atoms with Crippen molar-refractivity contribution in [3.8, 4) is 11.1 Å². The summed E-state index contributed by atoms with van der Waals surface area (Å²) in [6.07, 6.45) is 5.39. The molecule has 1 amide bonds. The minimum atomic E-state index is -0.132. The van der Waals surface area contributed by atoms with Crippen LogP contribution in [-0.4, -0.2) is 51.2 Å². The van der Waals surface area contributed by atoms with Crippen molar-refractivity contribution in [1.82, 2.24) is 24.6 Å². The first kappa shape index (κ1) is 20.3. The highest BCUT2D eigenvalue weighted by atomic mass is 35.5. The van der Waals surface area contributed by atoms with Crippen LogP contribution in [0.4, 0.5) is 5.95 Å². The Bertz CT molecular complexity index is 1090. The molecule has 7 nitrogen and oxygen atoms in total. The van der Waals surface area contributed by atoms with Crippen molar-refractivity contribution in [2.75, 3.05) is 25.5 Å². The molecular weight excluding hydrogens is 400 g/mol. The van der Waals surface area contributed by atoms with E-state index >= 15 is 0 Å². The van der Waals surface area contributed by atoms with Gasteiger partial charge in [0.1, 0.15) is 0 Å². The van der Waals surface area contributed by atoms with E-state index in [0.29, 0.717) is 23.1 Å². The molecule has 1 aliphatic heterocycles. The quantitative estimate of drug-likeness (QED) is 0.635. The van der Waals surface area contributed by atoms with E-state index in [1.165, 1.54) is 0 Å². The highest BCUT2D eigenvalue weighted by Crippen LogP contribution is 2.38. The maximum atomic E-state index is 13.4. The van der Waals surface area contributed by atoms with Gasteiger partial charge in [-0.15, -0.1) is 0 Å². The summed E-state index contributed by atoms with van der Waals surface area (Å²) in [6, 6.07) is 7.53. The molecule has 8 heteroatoms. The Morgan fingerprint density at radius 2 is 2.10 bits per heavy atom. The van der Waals surface area contributed by atoms with Gasteiger partial charge in [-0.3, -0.25) is 9.48 Å². The first-order valence-corrected chi connectivity index (χ1v) is 10.3. The summed E-state index contributed by atoms with van der Waals surface area (Å²) in [5, 5.41) is 4.99. The number of hydrogen-bond donors (Lipinski definition) is 0. The third kappa shape index (κ3) is 3.77. The van der Waals surface area contributed by atoms with Crippen LogP contribution in [0.25, 0.3) is 11.1 Å². The molecule has 3 aromatic rings. The SMILES string of the molecule is Cc1nn(C)cc1C(=O)N1CCCC1c1nc(N(C)C)ncc1-c1cccc(Cl)c1. The predicted molar refractivity (Wildman–Crippen MR) is 118 cm³/mol. The van der Waals surface area contributed by atoms with Gasteiger partial charge in [-0.25, -0.2) is 9.97 Å². The number of aromatic nitrogens is 4. The number of nitrogens with zero attached hydrogens (tertiary/aromatic N) is 6. The number of carbonyl (C=O) groups is 1. The lowest BCUT2D eigenvalue weighted by atomic mass is 9.99. The normalized spacial score (nSPS) is 16.2. The molecule has 1 fully saturated rings. The first-order chi connectivity index (χ1) is 14.3. The zero-order valence-corrected chi connectivity index (χ0v) is 18.4. The molecule has 156 valence electrons.